The van der Waals surface area contributed by atoms with E-state index in [4.69, 9.17) is 16.3 Å². The zero-order valence-electron chi connectivity index (χ0n) is 16.4. The van der Waals surface area contributed by atoms with Gasteiger partial charge in [-0.3, -0.25) is 9.69 Å². The second kappa shape index (κ2) is 9.96. The van der Waals surface area contributed by atoms with Crippen LogP contribution < -0.4 is 4.74 Å². The van der Waals surface area contributed by atoms with E-state index in [2.05, 4.69) is 39.0 Å². The highest BCUT2D eigenvalue weighted by Crippen LogP contribution is 2.22. The van der Waals surface area contributed by atoms with E-state index < -0.39 is 0 Å². The molecule has 0 unspecified atom stereocenters. The molecule has 1 saturated heterocycles. The van der Waals surface area contributed by atoms with Gasteiger partial charge in [0.2, 0.25) is 0 Å². The third-order valence-corrected chi connectivity index (χ3v) is 6.72. The molecule has 2 aromatic carbocycles. The van der Waals surface area contributed by atoms with Crippen LogP contribution in [0.4, 0.5) is 0 Å². The molecule has 30 heavy (non-hydrogen) atoms. The van der Waals surface area contributed by atoms with E-state index in [9.17, 15) is 4.79 Å². The van der Waals surface area contributed by atoms with Gasteiger partial charge >= 0.3 is 0 Å². The van der Waals surface area contributed by atoms with Gasteiger partial charge in [-0.25, -0.2) is 0 Å². The molecule has 4 rings (SSSR count). The fraction of sp³-hybridized carbons (Fsp3) is 0.261. The number of halogens is 2. The molecule has 0 radical (unpaired) electrons. The van der Waals surface area contributed by atoms with E-state index in [1.807, 2.05) is 40.6 Å². The molecule has 0 saturated carbocycles. The van der Waals surface area contributed by atoms with E-state index in [0.717, 1.165) is 53.4 Å². The maximum atomic E-state index is 12.9. The number of piperazine rings is 1. The van der Waals surface area contributed by atoms with Crippen molar-refractivity contribution in [2.24, 2.45) is 0 Å². The third-order valence-electron chi connectivity index (χ3n) is 5.02. The molecule has 156 valence electrons. The monoisotopic (exact) mass is 504 g/mol. The lowest BCUT2D eigenvalue weighted by molar-refractivity contribution is 0.0633. The minimum Gasteiger partial charge on any atom is -0.489 e. The predicted molar refractivity (Wildman–Crippen MR) is 125 cm³/mol. The molecule has 1 aliphatic heterocycles. The average molecular weight is 506 g/mol. The Bertz CT molecular complexity index is 1020. The summed E-state index contributed by atoms with van der Waals surface area (Å²) in [6, 6.07) is 17.7. The molecule has 7 heteroatoms. The van der Waals surface area contributed by atoms with Crippen LogP contribution in [0.25, 0.3) is 0 Å². The van der Waals surface area contributed by atoms with Crippen LogP contribution in [-0.2, 0) is 13.2 Å². The van der Waals surface area contributed by atoms with Gasteiger partial charge < -0.3 is 9.64 Å². The average Bonchev–Trinajstić information content (AvgIpc) is 3.22. The fourth-order valence-corrected chi connectivity index (χ4v) is 4.94. The molecule has 0 bridgehead atoms. The number of hydrogen-bond donors (Lipinski definition) is 0. The summed E-state index contributed by atoms with van der Waals surface area (Å²) < 4.78 is 6.88. The first-order valence-corrected chi connectivity index (χ1v) is 11.8. The molecule has 3 aromatic rings. The van der Waals surface area contributed by atoms with Crippen LogP contribution >= 0.6 is 38.9 Å². The van der Waals surface area contributed by atoms with Gasteiger partial charge in [0, 0.05) is 47.8 Å². The Morgan fingerprint density at radius 3 is 2.60 bits per heavy atom. The quantitative estimate of drug-likeness (QED) is 0.431. The number of thiophene rings is 1. The van der Waals surface area contributed by atoms with Gasteiger partial charge in [0.25, 0.3) is 5.91 Å². The maximum Gasteiger partial charge on any atom is 0.264 e. The summed E-state index contributed by atoms with van der Waals surface area (Å²) >= 11 is 11.0. The van der Waals surface area contributed by atoms with Crippen molar-refractivity contribution in [1.29, 1.82) is 0 Å². The van der Waals surface area contributed by atoms with Gasteiger partial charge in [-0.2, -0.15) is 0 Å². The van der Waals surface area contributed by atoms with E-state index in [-0.39, 0.29) is 5.91 Å². The minimum absolute atomic E-state index is 0.108. The van der Waals surface area contributed by atoms with Crippen LogP contribution in [0.1, 0.15) is 20.8 Å². The summed E-state index contributed by atoms with van der Waals surface area (Å²) in [7, 11) is 0. The molecule has 0 aliphatic carbocycles. The Hall–Kier alpha value is -1.86. The summed E-state index contributed by atoms with van der Waals surface area (Å²) in [5, 5.41) is 2.63. The Balaban J connectivity index is 1.28. The Labute approximate surface area is 194 Å². The van der Waals surface area contributed by atoms with Gasteiger partial charge in [-0.1, -0.05) is 45.7 Å². The Morgan fingerprint density at radius 1 is 1.03 bits per heavy atom. The lowest BCUT2D eigenvalue weighted by Gasteiger charge is -2.34. The number of carbonyl (C=O) groups excluding carboxylic acids is 1. The largest absolute Gasteiger partial charge is 0.489 e. The molecular formula is C23H22BrClN2O2S. The number of amides is 1. The van der Waals surface area contributed by atoms with Gasteiger partial charge in [0.1, 0.15) is 12.4 Å². The molecule has 0 atom stereocenters. The predicted octanol–water partition coefficient (Wildman–Crippen LogP) is 5.70. The van der Waals surface area contributed by atoms with Crippen LogP contribution in [0.5, 0.6) is 5.75 Å². The van der Waals surface area contributed by atoms with E-state index in [1.165, 1.54) is 16.9 Å². The molecule has 1 fully saturated rings. The number of hydrogen-bond acceptors (Lipinski definition) is 4. The summed E-state index contributed by atoms with van der Waals surface area (Å²) in [6.45, 7) is 4.59. The highest BCUT2D eigenvalue weighted by atomic mass is 79.9. The van der Waals surface area contributed by atoms with Crippen molar-refractivity contribution in [3.05, 3.63) is 85.5 Å². The van der Waals surface area contributed by atoms with Gasteiger partial charge in [-0.05, 0) is 47.3 Å². The highest BCUT2D eigenvalue weighted by Gasteiger charge is 2.23. The van der Waals surface area contributed by atoms with Crippen molar-refractivity contribution >= 4 is 44.8 Å². The number of rotatable bonds is 6. The van der Waals surface area contributed by atoms with Crippen LogP contribution in [0.2, 0.25) is 5.02 Å². The van der Waals surface area contributed by atoms with Gasteiger partial charge in [0.05, 0.1) is 4.88 Å². The second-order valence-corrected chi connectivity index (χ2v) is 9.53. The maximum absolute atomic E-state index is 12.9. The van der Waals surface area contributed by atoms with Gasteiger partial charge in [0.15, 0.2) is 0 Å². The van der Waals surface area contributed by atoms with E-state index >= 15 is 0 Å². The molecule has 1 aliphatic rings. The minimum atomic E-state index is 0.108. The van der Waals surface area contributed by atoms with Crippen molar-refractivity contribution in [2.45, 2.75) is 13.2 Å². The highest BCUT2D eigenvalue weighted by molar-refractivity contribution is 9.10. The zero-order chi connectivity index (χ0) is 20.9. The molecule has 0 spiro atoms. The van der Waals surface area contributed by atoms with Crippen molar-refractivity contribution < 1.29 is 9.53 Å². The van der Waals surface area contributed by atoms with Crippen molar-refractivity contribution in [1.82, 2.24) is 9.80 Å². The van der Waals surface area contributed by atoms with Crippen molar-refractivity contribution in [2.75, 3.05) is 26.2 Å². The van der Waals surface area contributed by atoms with E-state index in [1.54, 1.807) is 6.07 Å². The first kappa shape index (κ1) is 21.4. The second-order valence-electron chi connectivity index (χ2n) is 7.26. The topological polar surface area (TPSA) is 32.8 Å². The smallest absolute Gasteiger partial charge is 0.264 e. The molecular weight excluding hydrogens is 484 g/mol. The SMILES string of the molecule is O=C(c1cc(COc2cccc(Cl)c2)cs1)N1CCN(Cc2cccc(Br)c2)CC1. The lowest BCUT2D eigenvalue weighted by atomic mass is 10.2. The zero-order valence-corrected chi connectivity index (χ0v) is 19.5. The van der Waals surface area contributed by atoms with Crippen LogP contribution in [0.3, 0.4) is 0 Å². The summed E-state index contributed by atoms with van der Waals surface area (Å²) in [4.78, 5) is 18.0. The van der Waals surface area contributed by atoms with Crippen molar-refractivity contribution in [3.8, 4) is 5.75 Å². The van der Waals surface area contributed by atoms with Crippen LogP contribution in [0, 0.1) is 0 Å². The van der Waals surface area contributed by atoms with Crippen LogP contribution in [-0.4, -0.2) is 41.9 Å². The molecule has 4 nitrogen and oxygen atoms in total. The van der Waals surface area contributed by atoms with Crippen LogP contribution in [0.15, 0.2) is 64.5 Å². The standard InChI is InChI=1S/C23H22BrClN2O2S/c24-19-4-1-3-17(11-19)14-26-7-9-27(10-8-26)23(28)22-12-18(16-30-22)15-29-21-6-2-5-20(25)13-21/h1-6,11-13,16H,7-10,14-15H2. The number of carbonyl (C=O) groups is 1. The fourth-order valence-electron chi connectivity index (χ4n) is 3.45. The third kappa shape index (κ3) is 5.64. The first-order chi connectivity index (χ1) is 14.6. The Kier molecular flexibility index (Phi) is 7.10. The van der Waals surface area contributed by atoms with Gasteiger partial charge in [-0.15, -0.1) is 11.3 Å². The normalized spacial score (nSPS) is 14.7. The molecule has 2 heterocycles. The van der Waals surface area contributed by atoms with Crippen molar-refractivity contribution in [3.63, 3.8) is 0 Å². The summed E-state index contributed by atoms with van der Waals surface area (Å²) in [6.07, 6.45) is 0. The summed E-state index contributed by atoms with van der Waals surface area (Å²) in [5.74, 6) is 0.833. The first-order valence-electron chi connectivity index (χ1n) is 9.79. The summed E-state index contributed by atoms with van der Waals surface area (Å²) in [5.41, 5.74) is 2.28. The number of benzene rings is 2. The lowest BCUT2D eigenvalue weighted by Crippen LogP contribution is -2.48. The molecule has 1 aromatic heterocycles. The Morgan fingerprint density at radius 2 is 1.83 bits per heavy atom. The molecule has 0 N–H and O–H groups in total. The molecule has 1 amide bonds. The van der Waals surface area contributed by atoms with E-state index in [0.29, 0.717) is 11.6 Å². The number of nitrogens with zero attached hydrogens (tertiary/aromatic N) is 2. The number of ether oxygens (including phenoxy) is 1.